The monoisotopic (exact) mass is 294 g/mol. The number of benzene rings is 1. The van der Waals surface area contributed by atoms with E-state index in [9.17, 15) is 4.79 Å². The average Bonchev–Trinajstić information content (AvgIpc) is 2.90. The lowest BCUT2D eigenvalue weighted by Crippen LogP contribution is -2.40. The summed E-state index contributed by atoms with van der Waals surface area (Å²) in [5.41, 5.74) is 0.243. The van der Waals surface area contributed by atoms with Crippen LogP contribution in [0.25, 0.3) is 0 Å². The Morgan fingerprint density at radius 1 is 1.35 bits per heavy atom. The molecule has 3 rings (SSSR count). The predicted molar refractivity (Wildman–Crippen MR) is 67.0 cm³/mol. The van der Waals surface area contributed by atoms with Gasteiger partial charge in [-0.15, -0.1) is 0 Å². The molecule has 17 heavy (non-hydrogen) atoms. The van der Waals surface area contributed by atoms with Gasteiger partial charge in [0.25, 0.3) is 5.91 Å². The Kier molecular flexibility index (Phi) is 2.52. The number of nitrogens with one attached hydrogen (secondary N) is 1. The van der Waals surface area contributed by atoms with Gasteiger partial charge in [0.15, 0.2) is 5.54 Å². The minimum absolute atomic E-state index is 0.0482. The largest absolute Gasteiger partial charge is 0.378 e. The lowest BCUT2D eigenvalue weighted by molar-refractivity contribution is -0.123. The number of halogens is 1. The zero-order valence-corrected chi connectivity index (χ0v) is 10.7. The van der Waals surface area contributed by atoms with E-state index in [1.807, 2.05) is 24.3 Å². The Balaban J connectivity index is 1.95. The molecule has 1 atom stereocenters. The maximum absolute atomic E-state index is 11.9. The van der Waals surface area contributed by atoms with E-state index in [2.05, 4.69) is 26.2 Å². The number of hydrogen-bond acceptors (Lipinski definition) is 3. The lowest BCUT2D eigenvalue weighted by Gasteiger charge is -2.12. The van der Waals surface area contributed by atoms with Crippen LogP contribution in [0.5, 0.6) is 0 Å². The Bertz CT molecular complexity index is 490. The number of amides is 1. The Morgan fingerprint density at radius 3 is 2.76 bits per heavy atom. The van der Waals surface area contributed by atoms with Crippen LogP contribution in [0.2, 0.25) is 0 Å². The molecule has 2 aliphatic heterocycles. The molecular weight excluding hydrogens is 284 g/mol. The summed E-state index contributed by atoms with van der Waals surface area (Å²) in [6.45, 7) is 0.989. The van der Waals surface area contributed by atoms with Crippen LogP contribution in [0.15, 0.2) is 33.7 Å². The summed E-state index contributed by atoms with van der Waals surface area (Å²) in [4.78, 5) is 16.4. The fourth-order valence-electron chi connectivity index (χ4n) is 2.08. The van der Waals surface area contributed by atoms with Crippen molar-refractivity contribution in [2.45, 2.75) is 12.0 Å². The number of ether oxygens (including phenoxy) is 1. The second-order valence-electron chi connectivity index (χ2n) is 4.26. The molecule has 2 heterocycles. The van der Waals surface area contributed by atoms with Crippen molar-refractivity contribution < 1.29 is 9.53 Å². The van der Waals surface area contributed by atoms with Crippen molar-refractivity contribution in [2.24, 2.45) is 4.99 Å². The van der Waals surface area contributed by atoms with Crippen LogP contribution in [0.4, 0.5) is 0 Å². The summed E-state index contributed by atoms with van der Waals surface area (Å²) in [7, 11) is 0. The molecule has 5 heteroatoms. The summed E-state index contributed by atoms with van der Waals surface area (Å²) in [6.07, 6.45) is 0.666. The molecule has 0 bridgehead atoms. The van der Waals surface area contributed by atoms with Crippen molar-refractivity contribution in [3.05, 3.63) is 34.3 Å². The maximum atomic E-state index is 11.9. The molecule has 88 valence electrons. The van der Waals surface area contributed by atoms with Gasteiger partial charge in [-0.3, -0.25) is 4.79 Å². The van der Waals surface area contributed by atoms with Crippen LogP contribution in [-0.2, 0) is 9.53 Å². The third-order valence-corrected chi connectivity index (χ3v) is 3.63. The maximum Gasteiger partial charge on any atom is 0.256 e. The fraction of sp³-hybridized carbons (Fsp3) is 0.333. The van der Waals surface area contributed by atoms with Crippen LogP contribution >= 0.6 is 15.9 Å². The van der Waals surface area contributed by atoms with E-state index in [1.54, 1.807) is 0 Å². The molecule has 0 aliphatic carbocycles. The Labute approximate surface area is 107 Å². The normalized spacial score (nSPS) is 27.4. The molecule has 1 spiro atoms. The highest BCUT2D eigenvalue weighted by molar-refractivity contribution is 9.10. The van der Waals surface area contributed by atoms with E-state index >= 15 is 0 Å². The summed E-state index contributed by atoms with van der Waals surface area (Å²) < 4.78 is 6.29. The second kappa shape index (κ2) is 3.92. The van der Waals surface area contributed by atoms with Crippen molar-refractivity contribution in [2.75, 3.05) is 13.2 Å². The van der Waals surface area contributed by atoms with Gasteiger partial charge in [-0.25, -0.2) is 4.99 Å². The van der Waals surface area contributed by atoms with E-state index in [4.69, 9.17) is 4.74 Å². The van der Waals surface area contributed by atoms with Gasteiger partial charge in [-0.05, 0) is 12.1 Å². The highest BCUT2D eigenvalue weighted by atomic mass is 79.9. The molecule has 4 nitrogen and oxygen atoms in total. The SMILES string of the molecule is O=C1NC(c2ccc(Br)cc2)=NC12CCOC2. The quantitative estimate of drug-likeness (QED) is 0.853. The third kappa shape index (κ3) is 1.79. The Morgan fingerprint density at radius 2 is 2.12 bits per heavy atom. The molecule has 1 saturated heterocycles. The minimum atomic E-state index is -0.678. The van der Waals surface area contributed by atoms with Crippen LogP contribution in [0.1, 0.15) is 12.0 Å². The number of hydrogen-bond donors (Lipinski definition) is 1. The van der Waals surface area contributed by atoms with Crippen LogP contribution in [0.3, 0.4) is 0 Å². The lowest BCUT2D eigenvalue weighted by atomic mass is 10.0. The van der Waals surface area contributed by atoms with E-state index < -0.39 is 5.54 Å². The number of amidine groups is 1. The average molecular weight is 295 g/mol. The van der Waals surface area contributed by atoms with Crippen molar-refractivity contribution in [1.29, 1.82) is 0 Å². The number of carbonyl (C=O) groups is 1. The summed E-state index contributed by atoms with van der Waals surface area (Å²) in [6, 6.07) is 7.72. The summed E-state index contributed by atoms with van der Waals surface area (Å²) in [5, 5.41) is 2.84. The van der Waals surface area contributed by atoms with Gasteiger partial charge >= 0.3 is 0 Å². The van der Waals surface area contributed by atoms with Crippen molar-refractivity contribution in [3.8, 4) is 0 Å². The van der Waals surface area contributed by atoms with Gasteiger partial charge in [0.2, 0.25) is 0 Å². The first-order valence-electron chi connectivity index (χ1n) is 5.45. The van der Waals surface area contributed by atoms with Crippen LogP contribution in [0, 0.1) is 0 Å². The summed E-state index contributed by atoms with van der Waals surface area (Å²) in [5.74, 6) is 0.598. The fourth-order valence-corrected chi connectivity index (χ4v) is 2.35. The van der Waals surface area contributed by atoms with Gasteiger partial charge in [0.05, 0.1) is 6.61 Å². The number of rotatable bonds is 1. The summed E-state index contributed by atoms with van der Waals surface area (Å²) >= 11 is 3.38. The minimum Gasteiger partial charge on any atom is -0.378 e. The van der Waals surface area contributed by atoms with Gasteiger partial charge in [-0.2, -0.15) is 0 Å². The molecule has 2 aliphatic rings. The van der Waals surface area contributed by atoms with Crippen molar-refractivity contribution in [3.63, 3.8) is 0 Å². The van der Waals surface area contributed by atoms with Gasteiger partial charge in [0, 0.05) is 23.1 Å². The van der Waals surface area contributed by atoms with E-state index in [0.717, 1.165) is 10.0 Å². The smallest absolute Gasteiger partial charge is 0.256 e. The molecule has 0 saturated carbocycles. The van der Waals surface area contributed by atoms with Crippen LogP contribution < -0.4 is 5.32 Å². The molecule has 1 unspecified atom stereocenters. The second-order valence-corrected chi connectivity index (χ2v) is 5.17. The number of carbonyl (C=O) groups excluding carboxylic acids is 1. The first-order chi connectivity index (χ1) is 8.20. The van der Waals surface area contributed by atoms with E-state index in [-0.39, 0.29) is 5.91 Å². The third-order valence-electron chi connectivity index (χ3n) is 3.10. The Hall–Kier alpha value is -1.20. The highest BCUT2D eigenvalue weighted by Gasteiger charge is 2.46. The van der Waals surface area contributed by atoms with E-state index in [1.165, 1.54) is 0 Å². The zero-order chi connectivity index (χ0) is 11.9. The molecule has 0 aromatic heterocycles. The first-order valence-corrected chi connectivity index (χ1v) is 6.24. The molecule has 1 amide bonds. The van der Waals surface area contributed by atoms with Crippen LogP contribution in [-0.4, -0.2) is 30.5 Å². The molecule has 1 N–H and O–H groups in total. The number of aliphatic imine (C=N–C) groups is 1. The van der Waals surface area contributed by atoms with Gasteiger partial charge in [-0.1, -0.05) is 28.1 Å². The first kappa shape index (κ1) is 10.9. The molecule has 1 fully saturated rings. The highest BCUT2D eigenvalue weighted by Crippen LogP contribution is 2.28. The van der Waals surface area contributed by atoms with Gasteiger partial charge in [0.1, 0.15) is 5.84 Å². The van der Waals surface area contributed by atoms with Crippen molar-refractivity contribution >= 4 is 27.7 Å². The molecule has 1 aromatic carbocycles. The molecule has 0 radical (unpaired) electrons. The zero-order valence-electron chi connectivity index (χ0n) is 9.07. The molecule has 1 aromatic rings. The van der Waals surface area contributed by atoms with E-state index in [0.29, 0.717) is 25.5 Å². The standard InChI is InChI=1S/C12H11BrN2O2/c13-9-3-1-8(2-4-9)10-14-11(16)12(15-10)5-6-17-7-12/h1-4H,5-7H2,(H,14,15,16). The predicted octanol–water partition coefficient (Wildman–Crippen LogP) is 1.48. The number of nitrogens with zero attached hydrogens (tertiary/aromatic N) is 1. The van der Waals surface area contributed by atoms with Gasteiger partial charge < -0.3 is 10.1 Å². The topological polar surface area (TPSA) is 50.7 Å². The molecular formula is C12H11BrN2O2. The van der Waals surface area contributed by atoms with Crippen molar-refractivity contribution in [1.82, 2.24) is 5.32 Å².